The predicted octanol–water partition coefficient (Wildman–Crippen LogP) is 4.85. The minimum Gasteiger partial charge on any atom is -0.497 e. The Hall–Kier alpha value is -4.32. The van der Waals surface area contributed by atoms with E-state index in [2.05, 4.69) is 6.08 Å². The van der Waals surface area contributed by atoms with E-state index in [1.165, 1.54) is 0 Å². The molecule has 3 aromatic carbocycles. The van der Waals surface area contributed by atoms with E-state index in [-0.39, 0.29) is 18.1 Å². The van der Waals surface area contributed by atoms with Crippen molar-refractivity contribution in [3.8, 4) is 11.5 Å². The molecule has 1 saturated heterocycles. The molecule has 1 fully saturated rings. The molecule has 3 aromatic rings. The Morgan fingerprint density at radius 1 is 0.946 bits per heavy atom. The highest BCUT2D eigenvalue weighted by molar-refractivity contribution is 5.95. The number of methoxy groups -OCH3 is 1. The number of esters is 1. The zero-order chi connectivity index (χ0) is 25.1. The monoisotopic (exact) mass is 491 g/mol. The molecule has 2 aliphatic carbocycles. The maximum Gasteiger partial charge on any atom is 0.343 e. The fraction of sp³-hybridized carbons (Fsp3) is 0.226. The number of likely N-dealkylation sites (tertiary alicyclic amines) is 1. The van der Waals surface area contributed by atoms with Gasteiger partial charge in [0.1, 0.15) is 5.76 Å². The zero-order valence-corrected chi connectivity index (χ0v) is 20.3. The van der Waals surface area contributed by atoms with Crippen LogP contribution in [0.5, 0.6) is 11.5 Å². The highest BCUT2D eigenvalue weighted by Crippen LogP contribution is 2.62. The second-order valence-corrected chi connectivity index (χ2v) is 9.88. The first-order valence-corrected chi connectivity index (χ1v) is 12.5. The third-order valence-corrected chi connectivity index (χ3v) is 8.16. The summed E-state index contributed by atoms with van der Waals surface area (Å²) in [5.74, 6) is 1.35. The topological polar surface area (TPSA) is 65.1 Å². The molecule has 1 amide bonds. The Kier molecular flexibility index (Phi) is 4.80. The van der Waals surface area contributed by atoms with E-state index in [9.17, 15) is 9.59 Å². The minimum absolute atomic E-state index is 0.0374. The van der Waals surface area contributed by atoms with Gasteiger partial charge in [0.25, 0.3) is 5.91 Å². The SMILES string of the molecule is COC1=CC=C2C3Cc4ccc(OC(=O)c5ccccc5)c5c4[C@@]2(CCN3C(=O)c2ccccc2)C1O5. The first-order valence-electron chi connectivity index (χ1n) is 12.5. The number of hydrogen-bond donors (Lipinski definition) is 0. The average molecular weight is 492 g/mol. The summed E-state index contributed by atoms with van der Waals surface area (Å²) >= 11 is 0. The molecule has 3 atom stereocenters. The number of hydrogen-bond acceptors (Lipinski definition) is 5. The predicted molar refractivity (Wildman–Crippen MR) is 137 cm³/mol. The van der Waals surface area contributed by atoms with Gasteiger partial charge in [-0.2, -0.15) is 0 Å². The fourth-order valence-corrected chi connectivity index (χ4v) is 6.57. The van der Waals surface area contributed by atoms with Crippen LogP contribution in [0.1, 0.15) is 38.3 Å². The number of nitrogens with zero attached hydrogens (tertiary/aromatic N) is 1. The molecule has 37 heavy (non-hydrogen) atoms. The number of carbonyl (C=O) groups excluding carboxylic acids is 2. The van der Waals surface area contributed by atoms with E-state index in [4.69, 9.17) is 14.2 Å². The van der Waals surface area contributed by atoms with Crippen LogP contribution in [0.25, 0.3) is 0 Å². The smallest absolute Gasteiger partial charge is 0.343 e. The van der Waals surface area contributed by atoms with E-state index in [0.717, 1.165) is 22.5 Å². The van der Waals surface area contributed by atoms with Crippen LogP contribution in [-0.4, -0.2) is 42.6 Å². The summed E-state index contributed by atoms with van der Waals surface area (Å²) < 4.78 is 18.3. The third-order valence-electron chi connectivity index (χ3n) is 8.16. The molecule has 0 aromatic heterocycles. The molecule has 2 aliphatic heterocycles. The highest BCUT2D eigenvalue weighted by Gasteiger charge is 2.63. The van der Waals surface area contributed by atoms with Crippen molar-refractivity contribution in [3.05, 3.63) is 119 Å². The lowest BCUT2D eigenvalue weighted by Crippen LogP contribution is -2.60. The van der Waals surface area contributed by atoms with Gasteiger partial charge in [0.15, 0.2) is 17.6 Å². The molecule has 1 spiro atoms. The Labute approximate surface area is 214 Å². The van der Waals surface area contributed by atoms with Gasteiger partial charge in [-0.1, -0.05) is 48.5 Å². The van der Waals surface area contributed by atoms with E-state index < -0.39 is 11.4 Å². The summed E-state index contributed by atoms with van der Waals surface area (Å²) in [7, 11) is 1.65. The van der Waals surface area contributed by atoms with Gasteiger partial charge in [-0.05, 0) is 60.4 Å². The molecule has 0 N–H and O–H groups in total. The van der Waals surface area contributed by atoms with Crippen molar-refractivity contribution >= 4 is 11.9 Å². The molecule has 6 nitrogen and oxygen atoms in total. The van der Waals surface area contributed by atoms with Crippen LogP contribution in [0.15, 0.2) is 96.3 Å². The Morgan fingerprint density at radius 2 is 1.68 bits per heavy atom. The third kappa shape index (κ3) is 3.05. The fourth-order valence-electron chi connectivity index (χ4n) is 6.57. The average Bonchev–Trinajstić information content (AvgIpc) is 3.29. The number of allylic oxidation sites excluding steroid dienone is 2. The summed E-state index contributed by atoms with van der Waals surface area (Å²) in [6, 6.07) is 22.1. The Bertz CT molecular complexity index is 1490. The number of piperidine rings is 1. The first-order chi connectivity index (χ1) is 18.1. The van der Waals surface area contributed by atoms with E-state index >= 15 is 0 Å². The minimum atomic E-state index is -0.462. The van der Waals surface area contributed by atoms with Crippen LogP contribution in [0.4, 0.5) is 0 Å². The largest absolute Gasteiger partial charge is 0.497 e. The van der Waals surface area contributed by atoms with Crippen LogP contribution in [-0.2, 0) is 16.6 Å². The van der Waals surface area contributed by atoms with Crippen molar-refractivity contribution in [1.29, 1.82) is 0 Å². The van der Waals surface area contributed by atoms with Gasteiger partial charge < -0.3 is 19.1 Å². The van der Waals surface area contributed by atoms with Crippen molar-refractivity contribution in [2.45, 2.75) is 30.4 Å². The first kappa shape index (κ1) is 21.9. The van der Waals surface area contributed by atoms with Crippen LogP contribution in [0, 0.1) is 0 Å². The lowest BCUT2D eigenvalue weighted by atomic mass is 9.57. The van der Waals surface area contributed by atoms with Crippen LogP contribution in [0.3, 0.4) is 0 Å². The number of rotatable bonds is 4. The van der Waals surface area contributed by atoms with Crippen molar-refractivity contribution in [2.24, 2.45) is 0 Å². The molecule has 4 aliphatic rings. The highest BCUT2D eigenvalue weighted by atomic mass is 16.6. The van der Waals surface area contributed by atoms with Crippen LogP contribution >= 0.6 is 0 Å². The molecule has 2 unspecified atom stereocenters. The maximum absolute atomic E-state index is 13.6. The number of benzene rings is 3. The Balaban J connectivity index is 1.33. The summed E-state index contributed by atoms with van der Waals surface area (Å²) in [6.07, 6.45) is 5.05. The van der Waals surface area contributed by atoms with Crippen molar-refractivity contribution in [3.63, 3.8) is 0 Å². The van der Waals surface area contributed by atoms with Gasteiger partial charge in [-0.15, -0.1) is 0 Å². The summed E-state index contributed by atoms with van der Waals surface area (Å²) in [6.45, 7) is 0.597. The molecular formula is C31H25NO5. The van der Waals surface area contributed by atoms with Crippen molar-refractivity contribution < 1.29 is 23.8 Å². The molecule has 0 saturated carbocycles. The van der Waals surface area contributed by atoms with Gasteiger partial charge in [0.05, 0.1) is 24.1 Å². The van der Waals surface area contributed by atoms with Gasteiger partial charge >= 0.3 is 5.97 Å². The second kappa shape index (κ2) is 8.10. The molecule has 7 rings (SSSR count). The summed E-state index contributed by atoms with van der Waals surface area (Å²) in [4.78, 5) is 28.5. The quantitative estimate of drug-likeness (QED) is 0.386. The zero-order valence-electron chi connectivity index (χ0n) is 20.3. The normalized spacial score (nSPS) is 24.3. The molecule has 2 bridgehead atoms. The molecule has 0 radical (unpaired) electrons. The number of amides is 1. The number of carbonyl (C=O) groups is 2. The summed E-state index contributed by atoms with van der Waals surface area (Å²) in [5, 5.41) is 0. The molecule has 6 heteroatoms. The van der Waals surface area contributed by atoms with Gasteiger partial charge in [-0.3, -0.25) is 4.79 Å². The number of ether oxygens (including phenoxy) is 3. The summed E-state index contributed by atoms with van der Waals surface area (Å²) in [5.41, 5.74) is 4.04. The standard InChI is InChI=1S/C31H25NO5/c1-35-25-15-13-22-23-18-21-12-14-24(36-30(34)20-10-6-3-7-11-20)27-26(21)31(22,28(25)37-27)16-17-32(23)29(33)19-8-4-2-5-9-19/h2-15,23,28H,16-18H2,1H3/t23?,28?,31-/m0/s1. The molecule has 184 valence electrons. The lowest BCUT2D eigenvalue weighted by Gasteiger charge is -2.53. The van der Waals surface area contributed by atoms with Gasteiger partial charge in [0, 0.05) is 17.7 Å². The van der Waals surface area contributed by atoms with Gasteiger partial charge in [0.2, 0.25) is 0 Å². The van der Waals surface area contributed by atoms with Crippen LogP contribution in [0.2, 0.25) is 0 Å². The van der Waals surface area contributed by atoms with Gasteiger partial charge in [-0.25, -0.2) is 4.79 Å². The second-order valence-electron chi connectivity index (χ2n) is 9.88. The van der Waals surface area contributed by atoms with E-state index in [1.54, 1.807) is 19.2 Å². The molecule has 2 heterocycles. The van der Waals surface area contributed by atoms with E-state index in [1.807, 2.05) is 71.6 Å². The van der Waals surface area contributed by atoms with E-state index in [0.29, 0.717) is 42.0 Å². The van der Waals surface area contributed by atoms with Crippen molar-refractivity contribution in [1.82, 2.24) is 4.90 Å². The van der Waals surface area contributed by atoms with Crippen LogP contribution < -0.4 is 9.47 Å². The maximum atomic E-state index is 13.6. The Morgan fingerprint density at radius 3 is 2.41 bits per heavy atom. The molecular weight excluding hydrogens is 466 g/mol. The lowest BCUT2D eigenvalue weighted by molar-refractivity contribution is 0.0467. The van der Waals surface area contributed by atoms with Crippen molar-refractivity contribution in [2.75, 3.05) is 13.7 Å².